The molecule has 1 aliphatic heterocycles. The molecule has 1 aromatic heterocycles. The third-order valence-electron chi connectivity index (χ3n) is 3.60. The zero-order valence-electron chi connectivity index (χ0n) is 8.61. The fourth-order valence-corrected chi connectivity index (χ4v) is 2.84. The predicted molar refractivity (Wildman–Crippen MR) is 57.4 cm³/mol. The molecule has 3 rings (SSSR count). The summed E-state index contributed by atoms with van der Waals surface area (Å²) >= 11 is 0. The van der Waals surface area contributed by atoms with Gasteiger partial charge in [0.2, 0.25) is 0 Å². The SMILES string of the molecule is Cc1ccc(N2CC3CCC2C3)nc1. The summed E-state index contributed by atoms with van der Waals surface area (Å²) in [7, 11) is 0. The second-order valence-electron chi connectivity index (χ2n) is 4.68. The van der Waals surface area contributed by atoms with Gasteiger partial charge < -0.3 is 4.90 Å². The van der Waals surface area contributed by atoms with Crippen molar-refractivity contribution in [3.8, 4) is 0 Å². The van der Waals surface area contributed by atoms with Gasteiger partial charge in [0.05, 0.1) is 0 Å². The Hall–Kier alpha value is -1.05. The van der Waals surface area contributed by atoms with E-state index in [1.807, 2.05) is 6.20 Å². The Morgan fingerprint density at radius 1 is 1.36 bits per heavy atom. The average Bonchev–Trinajstić information content (AvgIpc) is 2.80. The number of anilines is 1. The molecule has 2 heteroatoms. The lowest BCUT2D eigenvalue weighted by Crippen LogP contribution is -2.32. The Labute approximate surface area is 85.0 Å². The largest absolute Gasteiger partial charge is 0.353 e. The van der Waals surface area contributed by atoms with Crippen molar-refractivity contribution in [1.29, 1.82) is 0 Å². The first-order chi connectivity index (χ1) is 6.83. The Bertz CT molecular complexity index is 331. The van der Waals surface area contributed by atoms with E-state index in [0.29, 0.717) is 0 Å². The number of hydrogen-bond acceptors (Lipinski definition) is 2. The number of nitrogens with zero attached hydrogens (tertiary/aromatic N) is 2. The quantitative estimate of drug-likeness (QED) is 0.672. The highest BCUT2D eigenvalue weighted by molar-refractivity contribution is 5.42. The van der Waals surface area contributed by atoms with Gasteiger partial charge in [0.1, 0.15) is 5.82 Å². The average molecular weight is 188 g/mol. The molecule has 1 aliphatic carbocycles. The van der Waals surface area contributed by atoms with Crippen LogP contribution in [0.5, 0.6) is 0 Å². The third-order valence-corrected chi connectivity index (χ3v) is 3.60. The molecule has 2 heterocycles. The Morgan fingerprint density at radius 3 is 2.86 bits per heavy atom. The van der Waals surface area contributed by atoms with Crippen molar-refractivity contribution >= 4 is 5.82 Å². The van der Waals surface area contributed by atoms with E-state index in [4.69, 9.17) is 0 Å². The molecule has 0 amide bonds. The summed E-state index contributed by atoms with van der Waals surface area (Å²) in [5, 5.41) is 0. The number of piperidine rings is 1. The van der Waals surface area contributed by atoms with E-state index in [-0.39, 0.29) is 0 Å². The van der Waals surface area contributed by atoms with Crippen molar-refractivity contribution in [1.82, 2.24) is 4.98 Å². The molecule has 2 bridgehead atoms. The molecule has 74 valence electrons. The first-order valence-electron chi connectivity index (χ1n) is 5.52. The molecule has 2 nitrogen and oxygen atoms in total. The molecule has 0 aromatic carbocycles. The maximum absolute atomic E-state index is 4.50. The lowest BCUT2D eigenvalue weighted by atomic mass is 10.1. The number of aryl methyl sites for hydroxylation is 1. The van der Waals surface area contributed by atoms with Gasteiger partial charge in [-0.05, 0) is 43.7 Å². The van der Waals surface area contributed by atoms with Crippen molar-refractivity contribution in [2.45, 2.75) is 32.2 Å². The molecule has 14 heavy (non-hydrogen) atoms. The van der Waals surface area contributed by atoms with Crippen molar-refractivity contribution < 1.29 is 0 Å². The monoisotopic (exact) mass is 188 g/mol. The Balaban J connectivity index is 1.86. The maximum atomic E-state index is 4.50. The molecular formula is C12H16N2. The van der Waals surface area contributed by atoms with Gasteiger partial charge in [-0.15, -0.1) is 0 Å². The lowest BCUT2D eigenvalue weighted by molar-refractivity contribution is 0.550. The van der Waals surface area contributed by atoms with Crippen molar-refractivity contribution in [3.05, 3.63) is 23.9 Å². The predicted octanol–water partition coefficient (Wildman–Crippen LogP) is 2.38. The molecule has 0 spiro atoms. The zero-order chi connectivity index (χ0) is 9.54. The van der Waals surface area contributed by atoms with Crippen LogP contribution >= 0.6 is 0 Å². The minimum atomic E-state index is 0.787. The minimum absolute atomic E-state index is 0.787. The molecule has 2 atom stereocenters. The summed E-state index contributed by atoms with van der Waals surface area (Å²) in [6.07, 6.45) is 6.18. The number of pyridine rings is 1. The maximum Gasteiger partial charge on any atom is 0.128 e. The van der Waals surface area contributed by atoms with Gasteiger partial charge in [-0.3, -0.25) is 0 Å². The lowest BCUT2D eigenvalue weighted by Gasteiger charge is -2.27. The van der Waals surface area contributed by atoms with E-state index in [2.05, 4.69) is 28.9 Å². The fraction of sp³-hybridized carbons (Fsp3) is 0.583. The van der Waals surface area contributed by atoms with Gasteiger partial charge in [-0.1, -0.05) is 6.07 Å². The third kappa shape index (κ3) is 1.21. The topological polar surface area (TPSA) is 16.1 Å². The van der Waals surface area contributed by atoms with Gasteiger partial charge in [0.25, 0.3) is 0 Å². The van der Waals surface area contributed by atoms with Crippen LogP contribution in [0.3, 0.4) is 0 Å². The summed E-state index contributed by atoms with van der Waals surface area (Å²) in [6.45, 7) is 3.33. The fourth-order valence-electron chi connectivity index (χ4n) is 2.84. The second kappa shape index (κ2) is 2.97. The van der Waals surface area contributed by atoms with Crippen LogP contribution < -0.4 is 4.90 Å². The van der Waals surface area contributed by atoms with E-state index < -0.39 is 0 Å². The number of fused-ring (bicyclic) bond motifs is 2. The molecule has 0 N–H and O–H groups in total. The van der Waals surface area contributed by atoms with Crippen molar-refractivity contribution in [2.75, 3.05) is 11.4 Å². The number of rotatable bonds is 1. The standard InChI is InChI=1S/C12H16N2/c1-9-2-5-12(13-7-9)14-8-10-3-4-11(14)6-10/h2,5,7,10-11H,3-4,6,8H2,1H3. The molecule has 0 radical (unpaired) electrons. The molecular weight excluding hydrogens is 172 g/mol. The van der Waals surface area contributed by atoms with Crippen LogP contribution in [0.2, 0.25) is 0 Å². The number of hydrogen-bond donors (Lipinski definition) is 0. The van der Waals surface area contributed by atoms with E-state index in [1.54, 1.807) is 0 Å². The van der Waals surface area contributed by atoms with E-state index >= 15 is 0 Å². The van der Waals surface area contributed by atoms with E-state index in [0.717, 1.165) is 12.0 Å². The highest BCUT2D eigenvalue weighted by atomic mass is 15.2. The normalized spacial score (nSPS) is 29.9. The van der Waals surface area contributed by atoms with Gasteiger partial charge in [0.15, 0.2) is 0 Å². The van der Waals surface area contributed by atoms with Gasteiger partial charge in [-0.2, -0.15) is 0 Å². The first-order valence-corrected chi connectivity index (χ1v) is 5.52. The summed E-state index contributed by atoms with van der Waals surface area (Å²) < 4.78 is 0. The highest BCUT2D eigenvalue weighted by Crippen LogP contribution is 2.39. The van der Waals surface area contributed by atoms with Crippen LogP contribution in [0, 0.1) is 12.8 Å². The van der Waals surface area contributed by atoms with Gasteiger partial charge >= 0.3 is 0 Å². The minimum Gasteiger partial charge on any atom is -0.353 e. The van der Waals surface area contributed by atoms with Crippen LogP contribution in [-0.2, 0) is 0 Å². The van der Waals surface area contributed by atoms with E-state index in [9.17, 15) is 0 Å². The molecule has 1 saturated heterocycles. The first kappa shape index (κ1) is 8.27. The van der Waals surface area contributed by atoms with Crippen LogP contribution in [0.1, 0.15) is 24.8 Å². The Kier molecular flexibility index (Phi) is 1.76. The van der Waals surface area contributed by atoms with Gasteiger partial charge in [0, 0.05) is 18.8 Å². The summed E-state index contributed by atoms with van der Waals surface area (Å²) in [6, 6.07) is 5.11. The second-order valence-corrected chi connectivity index (χ2v) is 4.68. The molecule has 1 aromatic rings. The van der Waals surface area contributed by atoms with Crippen molar-refractivity contribution in [2.24, 2.45) is 5.92 Å². The Morgan fingerprint density at radius 2 is 2.29 bits per heavy atom. The van der Waals surface area contributed by atoms with Crippen LogP contribution in [0.4, 0.5) is 5.82 Å². The molecule has 2 fully saturated rings. The summed E-state index contributed by atoms with van der Waals surface area (Å²) in [5.41, 5.74) is 1.25. The van der Waals surface area contributed by atoms with Crippen LogP contribution in [0.25, 0.3) is 0 Å². The summed E-state index contributed by atoms with van der Waals surface area (Å²) in [4.78, 5) is 7.00. The summed E-state index contributed by atoms with van der Waals surface area (Å²) in [5.74, 6) is 2.13. The van der Waals surface area contributed by atoms with Crippen LogP contribution in [0.15, 0.2) is 18.3 Å². The molecule has 1 saturated carbocycles. The van der Waals surface area contributed by atoms with Crippen molar-refractivity contribution in [3.63, 3.8) is 0 Å². The highest BCUT2D eigenvalue weighted by Gasteiger charge is 2.38. The number of aromatic nitrogens is 1. The van der Waals surface area contributed by atoms with Crippen LogP contribution in [-0.4, -0.2) is 17.6 Å². The molecule has 2 aliphatic rings. The zero-order valence-corrected chi connectivity index (χ0v) is 8.61. The van der Waals surface area contributed by atoms with E-state index in [1.165, 1.54) is 37.2 Å². The smallest absolute Gasteiger partial charge is 0.128 e. The molecule has 2 unspecified atom stereocenters. The van der Waals surface area contributed by atoms with Gasteiger partial charge in [-0.25, -0.2) is 4.98 Å².